The zero-order valence-corrected chi connectivity index (χ0v) is 13.6. The molecule has 0 spiro atoms. The summed E-state index contributed by atoms with van der Waals surface area (Å²) in [6.07, 6.45) is 1.86. The Morgan fingerprint density at radius 1 is 1.36 bits per heavy atom. The maximum absolute atomic E-state index is 12.2. The molecule has 0 fully saturated rings. The van der Waals surface area contributed by atoms with Gasteiger partial charge in [0.05, 0.1) is 18.7 Å². The zero-order chi connectivity index (χ0) is 16.7. The van der Waals surface area contributed by atoms with Gasteiger partial charge in [-0.15, -0.1) is 0 Å². The second-order valence-electron chi connectivity index (χ2n) is 4.75. The molecule has 0 aliphatic heterocycles. The van der Waals surface area contributed by atoms with Crippen molar-refractivity contribution in [2.45, 2.75) is 19.8 Å². The van der Waals surface area contributed by atoms with Crippen molar-refractivity contribution in [1.82, 2.24) is 4.90 Å². The van der Waals surface area contributed by atoms with Crippen LogP contribution < -0.4 is 9.47 Å². The molecular formula is C15H20ClNO5. The first-order valence-electron chi connectivity index (χ1n) is 6.88. The van der Waals surface area contributed by atoms with Crippen LogP contribution in [0.15, 0.2) is 12.1 Å². The van der Waals surface area contributed by atoms with E-state index in [-0.39, 0.29) is 10.6 Å². The van der Waals surface area contributed by atoms with Gasteiger partial charge in [-0.05, 0) is 18.6 Å². The lowest BCUT2D eigenvalue weighted by Crippen LogP contribution is -2.31. The summed E-state index contributed by atoms with van der Waals surface area (Å²) in [6, 6.07) is 2.94. The molecule has 0 heterocycles. The van der Waals surface area contributed by atoms with Crippen LogP contribution in [0, 0.1) is 0 Å². The molecule has 0 aliphatic carbocycles. The first-order valence-corrected chi connectivity index (χ1v) is 7.26. The second-order valence-corrected chi connectivity index (χ2v) is 5.15. The lowest BCUT2D eigenvalue weighted by atomic mass is 10.1. The maximum Gasteiger partial charge on any atom is 0.323 e. The van der Waals surface area contributed by atoms with Crippen LogP contribution in [0.1, 0.15) is 30.1 Å². The van der Waals surface area contributed by atoms with Gasteiger partial charge in [-0.2, -0.15) is 0 Å². The molecule has 0 bridgehead atoms. The number of rotatable bonds is 8. The number of carbonyl (C=O) groups is 2. The predicted octanol–water partition coefficient (Wildman–Crippen LogP) is 2.68. The molecule has 0 aliphatic rings. The van der Waals surface area contributed by atoms with E-state index in [4.69, 9.17) is 26.2 Å². The number of unbranched alkanes of at least 4 members (excludes halogenated alkanes) is 1. The van der Waals surface area contributed by atoms with Gasteiger partial charge in [-0.3, -0.25) is 9.59 Å². The fourth-order valence-electron chi connectivity index (χ4n) is 1.80. The molecule has 1 aromatic carbocycles. The standard InChI is InChI=1S/C15H20ClNO5/c1-4-5-6-22-14-11(16)7-10(8-12(14)21-3)15(20)17(2)9-13(18)19/h7-8H,4-6,9H2,1-3H3,(H,18,19). The first kappa shape index (κ1) is 18.1. The Hall–Kier alpha value is -1.95. The third-order valence-corrected chi connectivity index (χ3v) is 3.22. The summed E-state index contributed by atoms with van der Waals surface area (Å²) in [5, 5.41) is 8.99. The Kier molecular flexibility index (Phi) is 6.98. The van der Waals surface area contributed by atoms with Gasteiger partial charge >= 0.3 is 5.97 Å². The molecule has 6 nitrogen and oxygen atoms in total. The van der Waals surface area contributed by atoms with E-state index in [2.05, 4.69) is 0 Å². The summed E-state index contributed by atoms with van der Waals surface area (Å²) in [5.41, 5.74) is 0.244. The quantitative estimate of drug-likeness (QED) is 0.742. The van der Waals surface area contributed by atoms with Crippen LogP contribution >= 0.6 is 11.6 Å². The molecule has 0 atom stereocenters. The summed E-state index contributed by atoms with van der Waals surface area (Å²) in [4.78, 5) is 23.9. The number of ether oxygens (including phenoxy) is 2. The molecule has 122 valence electrons. The number of benzene rings is 1. The number of carboxylic acid groups (broad SMARTS) is 1. The highest BCUT2D eigenvalue weighted by atomic mass is 35.5. The van der Waals surface area contributed by atoms with Gasteiger partial charge in [0.15, 0.2) is 11.5 Å². The van der Waals surface area contributed by atoms with E-state index in [1.54, 1.807) is 0 Å². The topological polar surface area (TPSA) is 76.1 Å². The van der Waals surface area contributed by atoms with Gasteiger partial charge in [0, 0.05) is 12.6 Å². The molecule has 1 amide bonds. The Balaban J connectivity index is 3.01. The number of halogens is 1. The van der Waals surface area contributed by atoms with Gasteiger partial charge < -0.3 is 19.5 Å². The molecule has 0 aromatic heterocycles. The van der Waals surface area contributed by atoms with Gasteiger partial charge in [-0.1, -0.05) is 24.9 Å². The Morgan fingerprint density at radius 2 is 2.05 bits per heavy atom. The second kappa shape index (κ2) is 8.48. The minimum absolute atomic E-state index is 0.244. The van der Waals surface area contributed by atoms with Crippen molar-refractivity contribution in [3.05, 3.63) is 22.7 Å². The lowest BCUT2D eigenvalue weighted by Gasteiger charge is -2.17. The summed E-state index contributed by atoms with van der Waals surface area (Å²) in [6.45, 7) is 2.15. The molecule has 0 unspecified atom stereocenters. The third kappa shape index (κ3) is 4.80. The van der Waals surface area contributed by atoms with E-state index in [1.165, 1.54) is 26.3 Å². The number of nitrogens with zero attached hydrogens (tertiary/aromatic N) is 1. The lowest BCUT2D eigenvalue weighted by molar-refractivity contribution is -0.137. The van der Waals surface area contributed by atoms with Crippen LogP contribution in [-0.2, 0) is 4.79 Å². The maximum atomic E-state index is 12.2. The highest BCUT2D eigenvalue weighted by Gasteiger charge is 2.19. The van der Waals surface area contributed by atoms with Crippen molar-refractivity contribution >= 4 is 23.5 Å². The molecule has 7 heteroatoms. The van der Waals surface area contributed by atoms with Gasteiger partial charge in [0.1, 0.15) is 6.54 Å². The van der Waals surface area contributed by atoms with Crippen molar-refractivity contribution in [1.29, 1.82) is 0 Å². The number of methoxy groups -OCH3 is 1. The van der Waals surface area contributed by atoms with Crippen molar-refractivity contribution in [2.24, 2.45) is 0 Å². The molecule has 22 heavy (non-hydrogen) atoms. The van der Waals surface area contributed by atoms with Crippen molar-refractivity contribution in [2.75, 3.05) is 27.3 Å². The number of aliphatic carboxylic acids is 1. The van der Waals surface area contributed by atoms with Crippen LogP contribution in [0.25, 0.3) is 0 Å². The molecule has 0 radical (unpaired) electrons. The number of amides is 1. The van der Waals surface area contributed by atoms with Gasteiger partial charge in [-0.25, -0.2) is 0 Å². The minimum atomic E-state index is -1.09. The van der Waals surface area contributed by atoms with Gasteiger partial charge in [0.2, 0.25) is 0 Å². The van der Waals surface area contributed by atoms with Crippen molar-refractivity contribution < 1.29 is 24.2 Å². The number of carboxylic acids is 1. The normalized spacial score (nSPS) is 10.2. The molecule has 1 N–H and O–H groups in total. The molecule has 1 aromatic rings. The largest absolute Gasteiger partial charge is 0.493 e. The van der Waals surface area contributed by atoms with E-state index in [0.29, 0.717) is 18.1 Å². The summed E-state index contributed by atoms with van der Waals surface area (Å²) >= 11 is 6.15. The fourth-order valence-corrected chi connectivity index (χ4v) is 2.06. The van der Waals surface area contributed by atoms with Crippen LogP contribution in [-0.4, -0.2) is 49.2 Å². The van der Waals surface area contributed by atoms with Crippen LogP contribution in [0.2, 0.25) is 5.02 Å². The molecular weight excluding hydrogens is 310 g/mol. The predicted molar refractivity (Wildman–Crippen MR) is 83.0 cm³/mol. The third-order valence-electron chi connectivity index (χ3n) is 2.94. The highest BCUT2D eigenvalue weighted by Crippen LogP contribution is 2.36. The number of carbonyl (C=O) groups excluding carboxylic acids is 1. The van der Waals surface area contributed by atoms with E-state index >= 15 is 0 Å². The Labute approximate surface area is 134 Å². The number of likely N-dealkylation sites (N-methyl/N-ethyl adjacent to an activating group) is 1. The highest BCUT2D eigenvalue weighted by molar-refractivity contribution is 6.32. The summed E-state index contributed by atoms with van der Waals surface area (Å²) in [5.74, 6) is -0.818. The van der Waals surface area contributed by atoms with Crippen molar-refractivity contribution in [3.63, 3.8) is 0 Å². The Bertz CT molecular complexity index is 547. The zero-order valence-electron chi connectivity index (χ0n) is 12.9. The first-order chi connectivity index (χ1) is 10.4. The Morgan fingerprint density at radius 3 is 2.59 bits per heavy atom. The fraction of sp³-hybridized carbons (Fsp3) is 0.467. The smallest absolute Gasteiger partial charge is 0.323 e. The SMILES string of the molecule is CCCCOc1c(Cl)cc(C(=O)N(C)CC(=O)O)cc1OC. The molecule has 1 rings (SSSR count). The van der Waals surface area contributed by atoms with Gasteiger partial charge in [0.25, 0.3) is 5.91 Å². The summed E-state index contributed by atoms with van der Waals surface area (Å²) < 4.78 is 10.8. The average molecular weight is 330 g/mol. The van der Waals surface area contributed by atoms with E-state index < -0.39 is 18.4 Å². The van der Waals surface area contributed by atoms with Crippen molar-refractivity contribution in [3.8, 4) is 11.5 Å². The van der Waals surface area contributed by atoms with E-state index in [9.17, 15) is 9.59 Å². The monoisotopic (exact) mass is 329 g/mol. The average Bonchev–Trinajstić information content (AvgIpc) is 2.47. The molecule has 0 saturated heterocycles. The minimum Gasteiger partial charge on any atom is -0.493 e. The van der Waals surface area contributed by atoms with E-state index in [0.717, 1.165) is 17.7 Å². The van der Waals surface area contributed by atoms with E-state index in [1.807, 2.05) is 6.92 Å². The van der Waals surface area contributed by atoms with Crippen LogP contribution in [0.4, 0.5) is 0 Å². The molecule has 0 saturated carbocycles. The number of hydrogen-bond donors (Lipinski definition) is 1. The van der Waals surface area contributed by atoms with Crippen LogP contribution in [0.5, 0.6) is 11.5 Å². The number of hydrogen-bond acceptors (Lipinski definition) is 4. The van der Waals surface area contributed by atoms with Crippen LogP contribution in [0.3, 0.4) is 0 Å². The summed E-state index contributed by atoms with van der Waals surface area (Å²) in [7, 11) is 2.86.